The highest BCUT2D eigenvalue weighted by atomic mass is 32.2. The Bertz CT molecular complexity index is 1380. The predicted molar refractivity (Wildman–Crippen MR) is 168 cm³/mol. The van der Waals surface area contributed by atoms with Gasteiger partial charge in [-0.15, -0.1) is 0 Å². The number of nitrogen functional groups attached to an aromatic ring is 2. The summed E-state index contributed by atoms with van der Waals surface area (Å²) in [5, 5.41) is 0. The van der Waals surface area contributed by atoms with Crippen molar-refractivity contribution in [3.63, 3.8) is 0 Å². The number of halogens is 1. The summed E-state index contributed by atoms with van der Waals surface area (Å²) >= 11 is 0.863. The van der Waals surface area contributed by atoms with Crippen LogP contribution in [0.4, 0.5) is 15.8 Å². The first-order valence-electron chi connectivity index (χ1n) is 14.6. The van der Waals surface area contributed by atoms with E-state index >= 15 is 4.39 Å². The van der Waals surface area contributed by atoms with Crippen molar-refractivity contribution in [1.29, 1.82) is 0 Å². The van der Waals surface area contributed by atoms with E-state index in [1.807, 2.05) is 12.1 Å². The van der Waals surface area contributed by atoms with Crippen molar-refractivity contribution in [3.05, 3.63) is 89.5 Å². The normalized spacial score (nSPS) is 20.6. The van der Waals surface area contributed by atoms with Crippen LogP contribution in [0.5, 0.6) is 5.75 Å². The van der Waals surface area contributed by atoms with Gasteiger partial charge in [0.1, 0.15) is 11.9 Å². The number of anilines is 2. The smallest absolute Gasteiger partial charge is 0.343 e. The van der Waals surface area contributed by atoms with Crippen LogP contribution in [0, 0.1) is 11.8 Å². The lowest BCUT2D eigenvalue weighted by molar-refractivity contribution is -0.127. The molecule has 4 atom stereocenters. The number of benzene rings is 3. The number of carbonyl (C=O) groups is 2. The zero-order valence-corrected chi connectivity index (χ0v) is 24.9. The molecule has 1 aliphatic rings. The van der Waals surface area contributed by atoms with Crippen molar-refractivity contribution in [2.24, 2.45) is 11.8 Å². The summed E-state index contributed by atoms with van der Waals surface area (Å²) in [4.78, 5) is 25.5. The van der Waals surface area contributed by atoms with Crippen LogP contribution in [0.15, 0.2) is 77.7 Å². The minimum atomic E-state index is -0.789. The number of alkyl halides is 1. The number of esters is 1. The van der Waals surface area contributed by atoms with Gasteiger partial charge in [-0.3, -0.25) is 0 Å². The number of hydrogen-bond donors (Lipinski definition) is 2. The molecule has 1 aliphatic carbocycles. The number of nitrogens with two attached hydrogens (primary N) is 2. The van der Waals surface area contributed by atoms with Crippen molar-refractivity contribution >= 4 is 41.4 Å². The van der Waals surface area contributed by atoms with Crippen LogP contribution in [0.3, 0.4) is 0 Å². The Morgan fingerprint density at radius 3 is 2.40 bits per heavy atom. The Labute approximate surface area is 251 Å². The molecule has 0 radical (unpaired) electrons. The minimum Gasteiger partial charge on any atom is -0.423 e. The molecule has 8 heteroatoms. The van der Waals surface area contributed by atoms with Gasteiger partial charge in [-0.2, -0.15) is 0 Å². The van der Waals surface area contributed by atoms with Crippen LogP contribution in [0.2, 0.25) is 0 Å². The SMILES string of the molecule is CCCC1C(c2ccc(C(=O)Oc3ccc(/C=C/C(=O)OSc4ccc(N)cc4N)cc3)cc2)CCCC(CC)C1F. The topological polar surface area (TPSA) is 105 Å². The number of carbonyl (C=O) groups excluding carboxylic acids is 2. The molecule has 3 aromatic carbocycles. The third-order valence-corrected chi connectivity index (χ3v) is 8.74. The highest BCUT2D eigenvalue weighted by Crippen LogP contribution is 2.43. The molecule has 0 spiro atoms. The van der Waals surface area contributed by atoms with Crippen LogP contribution in [0.1, 0.15) is 79.8 Å². The summed E-state index contributed by atoms with van der Waals surface area (Å²) in [6.45, 7) is 4.20. The summed E-state index contributed by atoms with van der Waals surface area (Å²) in [6.07, 6.45) is 7.76. The maximum Gasteiger partial charge on any atom is 0.343 e. The number of ether oxygens (including phenoxy) is 1. The van der Waals surface area contributed by atoms with Gasteiger partial charge < -0.3 is 20.4 Å². The summed E-state index contributed by atoms with van der Waals surface area (Å²) in [7, 11) is 0. The second kappa shape index (κ2) is 14.9. The predicted octanol–water partition coefficient (Wildman–Crippen LogP) is 8.38. The fraction of sp³-hybridized carbons (Fsp3) is 0.353. The van der Waals surface area contributed by atoms with Crippen LogP contribution in [-0.2, 0) is 8.98 Å². The fourth-order valence-corrected chi connectivity index (χ4v) is 6.19. The first-order chi connectivity index (χ1) is 20.3. The molecule has 4 N–H and O–H groups in total. The molecule has 3 aromatic rings. The summed E-state index contributed by atoms with van der Waals surface area (Å²) in [6, 6.07) is 19.2. The van der Waals surface area contributed by atoms with Gasteiger partial charge in [0, 0.05) is 11.8 Å². The highest BCUT2D eigenvalue weighted by molar-refractivity contribution is 7.95. The second-order valence-corrected chi connectivity index (χ2v) is 11.6. The van der Waals surface area contributed by atoms with E-state index in [4.69, 9.17) is 20.4 Å². The molecule has 42 heavy (non-hydrogen) atoms. The summed E-state index contributed by atoms with van der Waals surface area (Å²) in [5.74, 6) is -0.323. The van der Waals surface area contributed by atoms with E-state index in [9.17, 15) is 9.59 Å². The molecular formula is C34H39FN2O4S. The largest absolute Gasteiger partial charge is 0.423 e. The molecule has 0 aromatic heterocycles. The van der Waals surface area contributed by atoms with E-state index < -0.39 is 18.1 Å². The summed E-state index contributed by atoms with van der Waals surface area (Å²) < 4.78 is 26.2. The minimum absolute atomic E-state index is 0.0101. The van der Waals surface area contributed by atoms with Gasteiger partial charge in [0.15, 0.2) is 0 Å². The molecule has 0 aliphatic heterocycles. The standard InChI is InChI=1S/C34H39FN2O4S/c1-3-6-29-28(8-5-7-23(4-2)33(29)35)24-12-14-25(15-13-24)34(39)40-27-17-9-22(10-18-27)11-20-32(38)41-42-31-19-16-26(36)21-30(31)37/h9-21,23,28-29,33H,3-8,36-37H2,1-2H3/b20-11+. The second-order valence-electron chi connectivity index (χ2n) is 10.8. The van der Waals surface area contributed by atoms with Crippen LogP contribution in [-0.4, -0.2) is 18.1 Å². The fourth-order valence-electron chi connectivity index (χ4n) is 5.68. The van der Waals surface area contributed by atoms with Gasteiger partial charge in [-0.25, -0.2) is 14.0 Å². The van der Waals surface area contributed by atoms with Gasteiger partial charge in [-0.1, -0.05) is 57.4 Å². The Morgan fingerprint density at radius 2 is 1.74 bits per heavy atom. The van der Waals surface area contributed by atoms with Crippen molar-refractivity contribution in [1.82, 2.24) is 0 Å². The molecule has 6 nitrogen and oxygen atoms in total. The lowest BCUT2D eigenvalue weighted by Crippen LogP contribution is -2.27. The molecule has 4 unspecified atom stereocenters. The molecule has 1 saturated carbocycles. The molecule has 4 rings (SSSR count). The molecule has 0 amide bonds. The van der Waals surface area contributed by atoms with Crippen LogP contribution >= 0.6 is 12.0 Å². The van der Waals surface area contributed by atoms with E-state index in [1.165, 1.54) is 6.08 Å². The van der Waals surface area contributed by atoms with Crippen molar-refractivity contribution in [2.45, 2.75) is 69.4 Å². The van der Waals surface area contributed by atoms with Gasteiger partial charge in [0.05, 0.1) is 28.2 Å². The zero-order valence-electron chi connectivity index (χ0n) is 24.1. The van der Waals surface area contributed by atoms with Crippen LogP contribution in [0.25, 0.3) is 6.08 Å². The third kappa shape index (κ3) is 8.16. The van der Waals surface area contributed by atoms with Gasteiger partial charge in [0.2, 0.25) is 0 Å². The lowest BCUT2D eigenvalue weighted by atomic mass is 9.77. The molecule has 0 bridgehead atoms. The average molecular weight is 591 g/mol. The van der Waals surface area contributed by atoms with E-state index in [-0.39, 0.29) is 17.8 Å². The number of rotatable bonds is 10. The average Bonchev–Trinajstić information content (AvgIpc) is 3.14. The van der Waals surface area contributed by atoms with E-state index in [2.05, 4.69) is 13.8 Å². The molecular weight excluding hydrogens is 551 g/mol. The summed E-state index contributed by atoms with van der Waals surface area (Å²) in [5.41, 5.74) is 14.8. The lowest BCUT2D eigenvalue weighted by Gasteiger charge is -2.30. The Kier molecular flexibility index (Phi) is 11.1. The van der Waals surface area contributed by atoms with Crippen molar-refractivity contribution in [2.75, 3.05) is 11.5 Å². The first-order valence-corrected chi connectivity index (χ1v) is 15.3. The van der Waals surface area contributed by atoms with Crippen molar-refractivity contribution < 1.29 is 22.9 Å². The van der Waals surface area contributed by atoms with Crippen molar-refractivity contribution in [3.8, 4) is 5.75 Å². The van der Waals surface area contributed by atoms with E-state index in [0.717, 1.165) is 61.7 Å². The Balaban J connectivity index is 1.32. The molecule has 0 heterocycles. The highest BCUT2D eigenvalue weighted by Gasteiger charge is 2.36. The quantitative estimate of drug-likeness (QED) is 0.0610. The maximum absolute atomic E-state index is 15.5. The number of hydrogen-bond acceptors (Lipinski definition) is 7. The van der Waals surface area contributed by atoms with Crippen LogP contribution < -0.4 is 16.2 Å². The Morgan fingerprint density at radius 1 is 1.00 bits per heavy atom. The van der Waals surface area contributed by atoms with Gasteiger partial charge >= 0.3 is 11.9 Å². The molecule has 0 saturated heterocycles. The monoisotopic (exact) mass is 590 g/mol. The first kappa shape index (κ1) is 31.2. The zero-order chi connectivity index (χ0) is 30.1. The van der Waals surface area contributed by atoms with E-state index in [0.29, 0.717) is 27.6 Å². The Hall–Kier alpha value is -3.78. The third-order valence-electron chi connectivity index (χ3n) is 7.94. The van der Waals surface area contributed by atoms with Gasteiger partial charge in [0.25, 0.3) is 0 Å². The van der Waals surface area contributed by atoms with Gasteiger partial charge in [-0.05, 0) is 96.7 Å². The van der Waals surface area contributed by atoms with E-state index in [1.54, 1.807) is 60.7 Å². The maximum atomic E-state index is 15.5. The molecule has 1 fully saturated rings. The molecule has 222 valence electrons.